The van der Waals surface area contributed by atoms with E-state index in [0.29, 0.717) is 12.1 Å². The number of pyridine rings is 1. The van der Waals surface area contributed by atoms with Gasteiger partial charge in [-0.05, 0) is 47.5 Å². The molecule has 1 aliphatic heterocycles. The quantitative estimate of drug-likeness (QED) is 0.218. The van der Waals surface area contributed by atoms with E-state index in [4.69, 9.17) is 9.90 Å². The smallest absolute Gasteiger partial charge is 0.475 e. The SMILES string of the molecule is FC(F)(F)c1ccc(-c2cc3nc(N4CCN(c5ncccc5C(F)(F)F)CC4)[nH]c3cc2C(F)(F)F)cc1.O=C(O)C(F)(F)F. The highest BCUT2D eigenvalue weighted by molar-refractivity contribution is 5.86. The summed E-state index contributed by atoms with van der Waals surface area (Å²) < 4.78 is 152. The molecular weight excluding hydrogens is 654 g/mol. The molecule has 2 aromatic heterocycles. The summed E-state index contributed by atoms with van der Waals surface area (Å²) in [7, 11) is 0. The van der Waals surface area contributed by atoms with Gasteiger partial charge in [0.15, 0.2) is 0 Å². The number of halogens is 12. The van der Waals surface area contributed by atoms with Crippen molar-refractivity contribution >= 4 is 28.8 Å². The molecule has 3 heterocycles. The lowest BCUT2D eigenvalue weighted by atomic mass is 9.97. The van der Waals surface area contributed by atoms with Crippen LogP contribution in [0.2, 0.25) is 0 Å². The van der Waals surface area contributed by atoms with Gasteiger partial charge >= 0.3 is 30.7 Å². The van der Waals surface area contributed by atoms with Crippen molar-refractivity contribution in [2.24, 2.45) is 0 Å². The number of nitrogens with zero attached hydrogens (tertiary/aromatic N) is 4. The molecule has 4 aromatic rings. The Morgan fingerprint density at radius 2 is 1.28 bits per heavy atom. The highest BCUT2D eigenvalue weighted by Gasteiger charge is 2.39. The van der Waals surface area contributed by atoms with E-state index in [1.54, 1.807) is 4.90 Å². The van der Waals surface area contributed by atoms with E-state index < -0.39 is 47.4 Å². The number of carbonyl (C=O) groups is 1. The number of carboxylic acid groups (broad SMARTS) is 1. The molecule has 2 N–H and O–H groups in total. The van der Waals surface area contributed by atoms with Crippen LogP contribution in [0.15, 0.2) is 54.7 Å². The standard InChI is InChI=1S/C25H18F9N5.C2HF3O2/c26-23(27,28)15-5-3-14(4-6-15)16-12-19-20(13-18(16)25(32,33)34)37-22(36-19)39-10-8-38(9-11-39)21-17(24(29,30)31)2-1-7-35-21;3-2(4,5)1(6)7/h1-7,12-13H,8-11H2,(H,36,37);(H,6,7). The number of hydrogen-bond donors (Lipinski definition) is 2. The fourth-order valence-corrected chi connectivity index (χ4v) is 4.51. The summed E-state index contributed by atoms with van der Waals surface area (Å²) in [6.45, 7) is 0.737. The van der Waals surface area contributed by atoms with Crippen LogP contribution in [0.25, 0.3) is 22.2 Å². The molecule has 0 aliphatic carbocycles. The van der Waals surface area contributed by atoms with Gasteiger partial charge in [0, 0.05) is 32.4 Å². The number of alkyl halides is 12. The zero-order chi connectivity index (χ0) is 34.2. The van der Waals surface area contributed by atoms with Gasteiger partial charge in [0.25, 0.3) is 0 Å². The van der Waals surface area contributed by atoms with E-state index in [2.05, 4.69) is 15.0 Å². The van der Waals surface area contributed by atoms with Crippen LogP contribution in [0.4, 0.5) is 64.5 Å². The molecule has 7 nitrogen and oxygen atoms in total. The minimum Gasteiger partial charge on any atom is -0.475 e. The maximum Gasteiger partial charge on any atom is 0.490 e. The number of aromatic nitrogens is 3. The summed E-state index contributed by atoms with van der Waals surface area (Å²) in [6.07, 6.45) is -17.8. The predicted molar refractivity (Wildman–Crippen MR) is 139 cm³/mol. The Balaban J connectivity index is 0.000000617. The molecule has 0 radical (unpaired) electrons. The number of nitrogens with one attached hydrogen (secondary N) is 1. The largest absolute Gasteiger partial charge is 0.490 e. The number of H-pyrrole nitrogens is 1. The molecule has 5 rings (SSSR count). The number of aromatic amines is 1. The van der Waals surface area contributed by atoms with E-state index >= 15 is 0 Å². The lowest BCUT2D eigenvalue weighted by Crippen LogP contribution is -2.47. The van der Waals surface area contributed by atoms with Gasteiger partial charge < -0.3 is 19.9 Å². The summed E-state index contributed by atoms with van der Waals surface area (Å²) in [5.74, 6) is -2.74. The van der Waals surface area contributed by atoms with Gasteiger partial charge in [0.1, 0.15) is 5.82 Å². The van der Waals surface area contributed by atoms with Crippen molar-refractivity contribution in [3.8, 4) is 11.1 Å². The third kappa shape index (κ3) is 7.74. The van der Waals surface area contributed by atoms with Crippen molar-refractivity contribution in [3.05, 3.63) is 71.4 Å². The van der Waals surface area contributed by atoms with E-state index in [-0.39, 0.29) is 60.1 Å². The van der Waals surface area contributed by atoms with Gasteiger partial charge in [0.2, 0.25) is 5.95 Å². The molecule has 0 amide bonds. The average Bonchev–Trinajstić information content (AvgIpc) is 3.38. The van der Waals surface area contributed by atoms with Gasteiger partial charge in [-0.3, -0.25) is 0 Å². The molecule has 0 spiro atoms. The lowest BCUT2D eigenvalue weighted by Gasteiger charge is -2.36. The summed E-state index contributed by atoms with van der Waals surface area (Å²) >= 11 is 0. The number of piperazine rings is 1. The van der Waals surface area contributed by atoms with Crippen molar-refractivity contribution < 1.29 is 62.6 Å². The van der Waals surface area contributed by atoms with E-state index in [1.165, 1.54) is 17.2 Å². The molecule has 46 heavy (non-hydrogen) atoms. The van der Waals surface area contributed by atoms with E-state index in [9.17, 15) is 52.7 Å². The van der Waals surface area contributed by atoms with E-state index in [1.807, 2.05) is 0 Å². The van der Waals surface area contributed by atoms with Crippen LogP contribution in [0, 0.1) is 0 Å². The topological polar surface area (TPSA) is 85.4 Å². The molecule has 1 fully saturated rings. The molecule has 0 saturated carbocycles. The molecular formula is C27H19F12N5O2. The van der Waals surface area contributed by atoms with Crippen molar-refractivity contribution in [3.63, 3.8) is 0 Å². The molecule has 19 heteroatoms. The van der Waals surface area contributed by atoms with Gasteiger partial charge in [-0.15, -0.1) is 0 Å². The minimum absolute atomic E-state index is 0.0551. The van der Waals surface area contributed by atoms with Crippen LogP contribution in [0.3, 0.4) is 0 Å². The van der Waals surface area contributed by atoms with Gasteiger partial charge in [0.05, 0.1) is 27.7 Å². The van der Waals surface area contributed by atoms with Crippen molar-refractivity contribution in [1.29, 1.82) is 0 Å². The second-order valence-electron chi connectivity index (χ2n) is 9.70. The first-order valence-corrected chi connectivity index (χ1v) is 12.8. The normalized spacial score (nSPS) is 14.7. The number of aliphatic carboxylic acids is 1. The number of benzene rings is 2. The maximum atomic E-state index is 13.9. The zero-order valence-corrected chi connectivity index (χ0v) is 22.7. The minimum atomic E-state index is -5.08. The number of carboxylic acids is 1. The monoisotopic (exact) mass is 673 g/mol. The Kier molecular flexibility index (Phi) is 9.09. The third-order valence-corrected chi connectivity index (χ3v) is 6.65. The number of imidazole rings is 1. The number of rotatable bonds is 3. The Morgan fingerprint density at radius 1 is 0.739 bits per heavy atom. The van der Waals surface area contributed by atoms with E-state index in [0.717, 1.165) is 30.3 Å². The highest BCUT2D eigenvalue weighted by Crippen LogP contribution is 2.41. The van der Waals surface area contributed by atoms with Crippen LogP contribution in [0.1, 0.15) is 16.7 Å². The first-order valence-electron chi connectivity index (χ1n) is 12.8. The van der Waals surface area contributed by atoms with Gasteiger partial charge in [-0.25, -0.2) is 14.8 Å². The van der Waals surface area contributed by atoms with Crippen LogP contribution >= 0.6 is 0 Å². The first-order chi connectivity index (χ1) is 21.2. The molecule has 0 bridgehead atoms. The van der Waals surface area contributed by atoms with Crippen molar-refractivity contribution in [2.75, 3.05) is 36.0 Å². The van der Waals surface area contributed by atoms with Crippen molar-refractivity contribution in [1.82, 2.24) is 15.0 Å². The second-order valence-corrected chi connectivity index (χ2v) is 9.70. The predicted octanol–water partition coefficient (Wildman–Crippen LogP) is 7.64. The molecule has 0 atom stereocenters. The lowest BCUT2D eigenvalue weighted by molar-refractivity contribution is -0.192. The number of fused-ring (bicyclic) bond motifs is 1. The van der Waals surface area contributed by atoms with Crippen LogP contribution < -0.4 is 9.80 Å². The van der Waals surface area contributed by atoms with Crippen LogP contribution in [-0.2, 0) is 23.3 Å². The van der Waals surface area contributed by atoms with Crippen LogP contribution in [-0.4, -0.2) is 58.4 Å². The highest BCUT2D eigenvalue weighted by atomic mass is 19.4. The van der Waals surface area contributed by atoms with Crippen LogP contribution in [0.5, 0.6) is 0 Å². The third-order valence-electron chi connectivity index (χ3n) is 6.65. The summed E-state index contributed by atoms with van der Waals surface area (Å²) in [4.78, 5) is 23.1. The summed E-state index contributed by atoms with van der Waals surface area (Å²) in [5, 5.41) is 7.12. The Labute approximate surface area is 250 Å². The Morgan fingerprint density at radius 3 is 1.78 bits per heavy atom. The zero-order valence-electron chi connectivity index (χ0n) is 22.7. The Hall–Kier alpha value is -4.71. The second kappa shape index (κ2) is 12.2. The maximum absolute atomic E-state index is 13.9. The Bertz CT molecular complexity index is 1690. The molecule has 0 unspecified atom stereocenters. The average molecular weight is 673 g/mol. The molecule has 1 saturated heterocycles. The molecule has 2 aromatic carbocycles. The molecule has 1 aliphatic rings. The number of anilines is 2. The van der Waals surface area contributed by atoms with Gasteiger partial charge in [-0.1, -0.05) is 12.1 Å². The number of hydrogen-bond acceptors (Lipinski definition) is 5. The van der Waals surface area contributed by atoms with Gasteiger partial charge in [-0.2, -0.15) is 52.7 Å². The first kappa shape index (κ1) is 34.2. The molecule has 248 valence electrons. The van der Waals surface area contributed by atoms with Crippen molar-refractivity contribution in [2.45, 2.75) is 24.7 Å². The summed E-state index contributed by atoms with van der Waals surface area (Å²) in [6, 6.07) is 7.50. The summed E-state index contributed by atoms with van der Waals surface area (Å²) in [5.41, 5.74) is -3.09. The fraction of sp³-hybridized carbons (Fsp3) is 0.296. The fourth-order valence-electron chi connectivity index (χ4n) is 4.51.